The fourth-order valence-electron chi connectivity index (χ4n) is 3.63. The number of likely N-dealkylation sites (tertiary alicyclic amines) is 1. The van der Waals surface area contributed by atoms with Crippen molar-refractivity contribution < 1.29 is 9.21 Å². The number of carbonyl (C=O) groups excluding carboxylic acids is 1. The smallest absolute Gasteiger partial charge is 0.258 e. The number of imidazole rings is 1. The summed E-state index contributed by atoms with van der Waals surface area (Å²) in [6, 6.07) is 7.73. The maximum Gasteiger partial charge on any atom is 0.258 e. The fourth-order valence-corrected chi connectivity index (χ4v) is 3.63. The average Bonchev–Trinajstić information content (AvgIpc) is 3.27. The summed E-state index contributed by atoms with van der Waals surface area (Å²) in [4.78, 5) is 19.7. The molecule has 0 bridgehead atoms. The SMILES string of the molecule is CCn1ccnc1[C@@H]1CCCCN1C(=O)c1coc2ccccc12. The van der Waals surface area contributed by atoms with Crippen LogP contribution in [0, 0.1) is 0 Å². The monoisotopic (exact) mass is 323 g/mol. The van der Waals surface area contributed by atoms with E-state index >= 15 is 0 Å². The maximum atomic E-state index is 13.2. The van der Waals surface area contributed by atoms with Crippen LogP contribution < -0.4 is 0 Å². The molecule has 0 aliphatic carbocycles. The third-order valence-corrected chi connectivity index (χ3v) is 4.86. The van der Waals surface area contributed by atoms with Crippen molar-refractivity contribution in [1.82, 2.24) is 14.5 Å². The zero-order valence-corrected chi connectivity index (χ0v) is 13.8. The lowest BCUT2D eigenvalue weighted by molar-refractivity contribution is 0.0596. The number of benzene rings is 1. The molecule has 0 N–H and O–H groups in total. The Bertz CT molecular complexity index is 864. The van der Waals surface area contributed by atoms with Gasteiger partial charge in [-0.2, -0.15) is 0 Å². The van der Waals surface area contributed by atoms with E-state index in [1.54, 1.807) is 6.26 Å². The first-order valence-electron chi connectivity index (χ1n) is 8.58. The molecule has 1 aliphatic heterocycles. The van der Waals surface area contributed by atoms with E-state index < -0.39 is 0 Å². The first kappa shape index (κ1) is 15.0. The zero-order chi connectivity index (χ0) is 16.5. The minimum atomic E-state index is 0.0369. The van der Waals surface area contributed by atoms with Gasteiger partial charge in [-0.15, -0.1) is 0 Å². The number of piperidine rings is 1. The Kier molecular flexibility index (Phi) is 3.84. The molecule has 0 unspecified atom stereocenters. The van der Waals surface area contributed by atoms with Crippen LogP contribution >= 0.6 is 0 Å². The Morgan fingerprint density at radius 3 is 3.08 bits per heavy atom. The summed E-state index contributed by atoms with van der Waals surface area (Å²) in [6.07, 6.45) is 8.51. The van der Waals surface area contributed by atoms with E-state index in [1.165, 1.54) is 0 Å². The first-order valence-corrected chi connectivity index (χ1v) is 8.58. The van der Waals surface area contributed by atoms with Crippen LogP contribution in [-0.2, 0) is 6.54 Å². The van der Waals surface area contributed by atoms with Gasteiger partial charge in [-0.05, 0) is 32.3 Å². The summed E-state index contributed by atoms with van der Waals surface area (Å²) in [6.45, 7) is 3.73. The average molecular weight is 323 g/mol. The van der Waals surface area contributed by atoms with Crippen molar-refractivity contribution in [2.24, 2.45) is 0 Å². The van der Waals surface area contributed by atoms with E-state index in [9.17, 15) is 4.79 Å². The molecule has 5 nitrogen and oxygen atoms in total. The highest BCUT2D eigenvalue weighted by atomic mass is 16.3. The molecule has 1 aliphatic rings. The summed E-state index contributed by atoms with van der Waals surface area (Å²) in [5.74, 6) is 1.02. The van der Waals surface area contributed by atoms with Crippen LogP contribution in [0.1, 0.15) is 48.4 Å². The molecule has 0 spiro atoms. The van der Waals surface area contributed by atoms with E-state index in [2.05, 4.69) is 16.5 Å². The number of hydrogen-bond acceptors (Lipinski definition) is 3. The van der Waals surface area contributed by atoms with Crippen molar-refractivity contribution in [2.45, 2.75) is 38.8 Å². The van der Waals surface area contributed by atoms with Gasteiger partial charge in [-0.3, -0.25) is 4.79 Å². The molecule has 124 valence electrons. The lowest BCUT2D eigenvalue weighted by Gasteiger charge is -2.35. The molecule has 2 aromatic heterocycles. The van der Waals surface area contributed by atoms with Gasteiger partial charge in [-0.25, -0.2) is 4.98 Å². The van der Waals surface area contributed by atoms with Gasteiger partial charge in [0.1, 0.15) is 17.7 Å². The van der Waals surface area contributed by atoms with Crippen LogP contribution in [0.2, 0.25) is 0 Å². The summed E-state index contributed by atoms with van der Waals surface area (Å²) in [7, 11) is 0. The molecular weight excluding hydrogens is 302 g/mol. The Morgan fingerprint density at radius 2 is 2.21 bits per heavy atom. The van der Waals surface area contributed by atoms with Crippen LogP contribution in [-0.4, -0.2) is 26.9 Å². The number of fused-ring (bicyclic) bond motifs is 1. The highest BCUT2D eigenvalue weighted by molar-refractivity contribution is 6.06. The number of para-hydroxylation sites is 1. The van der Waals surface area contributed by atoms with Crippen LogP contribution in [0.3, 0.4) is 0 Å². The topological polar surface area (TPSA) is 51.3 Å². The van der Waals surface area contributed by atoms with Crippen molar-refractivity contribution in [3.63, 3.8) is 0 Å². The van der Waals surface area contributed by atoms with Gasteiger partial charge in [0.15, 0.2) is 0 Å². The predicted molar refractivity (Wildman–Crippen MR) is 91.7 cm³/mol. The Balaban J connectivity index is 1.71. The van der Waals surface area contributed by atoms with Gasteiger partial charge < -0.3 is 13.9 Å². The number of rotatable bonds is 3. The zero-order valence-electron chi connectivity index (χ0n) is 13.8. The lowest BCUT2D eigenvalue weighted by Crippen LogP contribution is -2.39. The molecule has 1 atom stereocenters. The van der Waals surface area contributed by atoms with E-state index in [0.717, 1.165) is 49.1 Å². The van der Waals surface area contributed by atoms with Gasteiger partial charge in [0.2, 0.25) is 0 Å². The molecule has 1 fully saturated rings. The van der Waals surface area contributed by atoms with Crippen molar-refractivity contribution in [3.05, 3.63) is 54.3 Å². The highest BCUT2D eigenvalue weighted by Gasteiger charge is 2.32. The summed E-state index contributed by atoms with van der Waals surface area (Å²) in [5, 5.41) is 0.880. The Morgan fingerprint density at radius 1 is 1.33 bits per heavy atom. The first-order chi connectivity index (χ1) is 11.8. The van der Waals surface area contributed by atoms with Crippen molar-refractivity contribution in [1.29, 1.82) is 0 Å². The second-order valence-corrected chi connectivity index (χ2v) is 6.23. The predicted octanol–water partition coefficient (Wildman–Crippen LogP) is 4.02. The molecule has 1 amide bonds. The second kappa shape index (κ2) is 6.15. The molecule has 0 saturated carbocycles. The second-order valence-electron chi connectivity index (χ2n) is 6.23. The van der Waals surface area contributed by atoms with Crippen LogP contribution in [0.4, 0.5) is 0 Å². The third kappa shape index (κ3) is 2.40. The number of aromatic nitrogens is 2. The van der Waals surface area contributed by atoms with Gasteiger partial charge in [0, 0.05) is 30.9 Å². The maximum absolute atomic E-state index is 13.2. The minimum Gasteiger partial charge on any atom is -0.463 e. The minimum absolute atomic E-state index is 0.0369. The molecule has 1 aromatic carbocycles. The van der Waals surface area contributed by atoms with Crippen LogP contribution in [0.5, 0.6) is 0 Å². The highest BCUT2D eigenvalue weighted by Crippen LogP contribution is 2.33. The van der Waals surface area contributed by atoms with Gasteiger partial charge in [0.25, 0.3) is 5.91 Å². The van der Waals surface area contributed by atoms with E-state index in [-0.39, 0.29) is 11.9 Å². The molecule has 24 heavy (non-hydrogen) atoms. The lowest BCUT2D eigenvalue weighted by atomic mass is 9.99. The van der Waals surface area contributed by atoms with Crippen LogP contribution in [0.15, 0.2) is 47.3 Å². The number of carbonyl (C=O) groups is 1. The van der Waals surface area contributed by atoms with Crippen molar-refractivity contribution in [3.8, 4) is 0 Å². The fraction of sp³-hybridized carbons (Fsp3) is 0.368. The summed E-state index contributed by atoms with van der Waals surface area (Å²) >= 11 is 0. The van der Waals surface area contributed by atoms with Crippen LogP contribution in [0.25, 0.3) is 11.0 Å². The molecular formula is C19H21N3O2. The summed E-state index contributed by atoms with van der Waals surface area (Å²) < 4.78 is 7.69. The van der Waals surface area contributed by atoms with Gasteiger partial charge >= 0.3 is 0 Å². The standard InChI is InChI=1S/C19H21N3O2/c1-2-21-12-10-20-18(21)16-8-5-6-11-22(16)19(23)15-13-24-17-9-4-3-7-14(15)17/h3-4,7,9-10,12-13,16H,2,5-6,8,11H2,1H3/t16-/m0/s1. The van der Waals surface area contributed by atoms with Crippen molar-refractivity contribution >= 4 is 16.9 Å². The Hall–Kier alpha value is -2.56. The quantitative estimate of drug-likeness (QED) is 0.731. The number of furan rings is 1. The normalized spacial score (nSPS) is 18.2. The largest absolute Gasteiger partial charge is 0.463 e. The summed E-state index contributed by atoms with van der Waals surface area (Å²) in [5.41, 5.74) is 1.40. The Labute approximate surface area is 140 Å². The van der Waals surface area contributed by atoms with Gasteiger partial charge in [-0.1, -0.05) is 18.2 Å². The molecule has 5 heteroatoms. The number of nitrogens with zero attached hydrogens (tertiary/aromatic N) is 3. The van der Waals surface area contributed by atoms with E-state index in [4.69, 9.17) is 4.42 Å². The number of aryl methyl sites for hydroxylation is 1. The molecule has 0 radical (unpaired) electrons. The third-order valence-electron chi connectivity index (χ3n) is 4.86. The van der Waals surface area contributed by atoms with E-state index in [1.807, 2.05) is 41.6 Å². The molecule has 4 rings (SSSR count). The van der Waals surface area contributed by atoms with Gasteiger partial charge in [0.05, 0.1) is 11.6 Å². The number of amides is 1. The molecule has 3 aromatic rings. The molecule has 3 heterocycles. The number of hydrogen-bond donors (Lipinski definition) is 0. The van der Waals surface area contributed by atoms with Crippen molar-refractivity contribution in [2.75, 3.05) is 6.54 Å². The molecule has 1 saturated heterocycles. The van der Waals surface area contributed by atoms with E-state index in [0.29, 0.717) is 5.56 Å².